The normalized spacial score (nSPS) is 52.0. The zero-order valence-corrected chi connectivity index (χ0v) is 12.2. The van der Waals surface area contributed by atoms with Gasteiger partial charge >= 0.3 is 0 Å². The largest absolute Gasteiger partial charge is 0.306 e. The number of hydrogen-bond acceptors (Lipinski definition) is 2. The Kier molecular flexibility index (Phi) is 2.58. The van der Waals surface area contributed by atoms with Gasteiger partial charge in [0.25, 0.3) is 0 Å². The number of fused-ring (bicyclic) bond motifs is 1. The quantitative estimate of drug-likeness (QED) is 0.702. The molecule has 18 heavy (non-hydrogen) atoms. The average Bonchev–Trinajstić information content (AvgIpc) is 2.91. The number of rotatable bonds is 1. The van der Waals surface area contributed by atoms with Gasteiger partial charge in [-0.15, -0.1) is 0 Å². The molecule has 2 heteroatoms. The van der Waals surface area contributed by atoms with Gasteiger partial charge in [-0.2, -0.15) is 0 Å². The maximum absolute atomic E-state index is 2.77. The molecule has 0 aromatic heterocycles. The molecule has 0 radical (unpaired) electrons. The summed E-state index contributed by atoms with van der Waals surface area (Å²) in [6.07, 6.45) is 3.10. The zero-order chi connectivity index (χ0) is 12.4. The second-order valence-corrected chi connectivity index (χ2v) is 7.83. The maximum atomic E-state index is 2.77. The van der Waals surface area contributed by atoms with E-state index in [0.717, 1.165) is 41.5 Å². The lowest BCUT2D eigenvalue weighted by molar-refractivity contribution is -0.0289. The van der Waals surface area contributed by atoms with Crippen LogP contribution >= 0.6 is 0 Å². The zero-order valence-electron chi connectivity index (χ0n) is 12.2. The van der Waals surface area contributed by atoms with Crippen molar-refractivity contribution in [1.82, 2.24) is 9.80 Å². The smallest absolute Gasteiger partial charge is 0.00388 e. The first-order chi connectivity index (χ1) is 8.65. The topological polar surface area (TPSA) is 6.48 Å². The van der Waals surface area contributed by atoms with Gasteiger partial charge in [0.2, 0.25) is 0 Å². The summed E-state index contributed by atoms with van der Waals surface area (Å²) in [6.45, 7) is 10.4. The van der Waals surface area contributed by atoms with E-state index in [1.54, 1.807) is 12.8 Å². The fourth-order valence-corrected chi connectivity index (χ4v) is 6.06. The Labute approximate surface area is 112 Å². The Balaban J connectivity index is 1.61. The molecule has 5 fully saturated rings. The molecular weight excluding hydrogens is 220 g/mol. The summed E-state index contributed by atoms with van der Waals surface area (Å²) in [6, 6.07) is 0.762. The van der Waals surface area contributed by atoms with Crippen LogP contribution in [0.5, 0.6) is 0 Å². The van der Waals surface area contributed by atoms with Gasteiger partial charge in [0.1, 0.15) is 0 Å². The van der Waals surface area contributed by atoms with Crippen molar-refractivity contribution in [3.63, 3.8) is 0 Å². The van der Waals surface area contributed by atoms with Crippen molar-refractivity contribution < 1.29 is 0 Å². The minimum atomic E-state index is 0.762. The number of likely N-dealkylation sites (tertiary alicyclic amines) is 2. The van der Waals surface area contributed by atoms with Gasteiger partial charge < -0.3 is 9.80 Å². The molecule has 2 heterocycles. The van der Waals surface area contributed by atoms with Crippen LogP contribution in [0.15, 0.2) is 0 Å². The third-order valence-electron chi connectivity index (χ3n) is 6.80. The van der Waals surface area contributed by atoms with Crippen LogP contribution in [-0.4, -0.2) is 49.1 Å². The Morgan fingerprint density at radius 2 is 1.17 bits per heavy atom. The predicted octanol–water partition coefficient (Wildman–Crippen LogP) is 2.16. The van der Waals surface area contributed by atoms with E-state index in [1.807, 2.05) is 0 Å². The van der Waals surface area contributed by atoms with E-state index in [0.29, 0.717) is 0 Å². The molecular formula is C16H28N2. The first-order valence-corrected chi connectivity index (χ1v) is 8.07. The Morgan fingerprint density at radius 3 is 1.61 bits per heavy atom. The molecule has 0 N–H and O–H groups in total. The van der Waals surface area contributed by atoms with Crippen LogP contribution in [-0.2, 0) is 0 Å². The van der Waals surface area contributed by atoms with Gasteiger partial charge in [-0.1, -0.05) is 0 Å². The van der Waals surface area contributed by atoms with Crippen LogP contribution in [0.2, 0.25) is 0 Å². The van der Waals surface area contributed by atoms with Crippen molar-refractivity contribution in [1.29, 1.82) is 0 Å². The molecule has 3 saturated carbocycles. The van der Waals surface area contributed by atoms with E-state index in [-0.39, 0.29) is 0 Å². The average molecular weight is 248 g/mol. The highest BCUT2D eigenvalue weighted by Gasteiger charge is 2.58. The van der Waals surface area contributed by atoms with Crippen molar-refractivity contribution in [3.8, 4) is 0 Å². The van der Waals surface area contributed by atoms with Crippen LogP contribution in [0, 0.1) is 35.5 Å². The molecule has 0 spiro atoms. The monoisotopic (exact) mass is 248 g/mol. The van der Waals surface area contributed by atoms with Crippen molar-refractivity contribution in [3.05, 3.63) is 0 Å². The summed E-state index contributed by atoms with van der Waals surface area (Å²) < 4.78 is 0. The van der Waals surface area contributed by atoms with E-state index >= 15 is 0 Å². The van der Waals surface area contributed by atoms with Crippen LogP contribution < -0.4 is 0 Å². The first kappa shape index (κ1) is 11.7. The van der Waals surface area contributed by atoms with E-state index < -0.39 is 0 Å². The standard InChI is InChI=1S/C16H28N2/c1-10(2)18-8-15-11-4-5-12(16(15)9-18)14-7-17(3)6-13(11)14/h10-16H,4-9H2,1-3H3. The molecule has 6 unspecified atom stereocenters. The van der Waals surface area contributed by atoms with Crippen molar-refractivity contribution in [2.45, 2.75) is 32.7 Å². The minimum Gasteiger partial charge on any atom is -0.306 e. The summed E-state index contributed by atoms with van der Waals surface area (Å²) in [5.74, 6) is 6.36. The van der Waals surface area contributed by atoms with Gasteiger partial charge in [-0.25, -0.2) is 0 Å². The summed E-state index contributed by atoms with van der Waals surface area (Å²) in [5, 5.41) is 0. The van der Waals surface area contributed by atoms with Crippen LogP contribution in [0.4, 0.5) is 0 Å². The van der Waals surface area contributed by atoms with E-state index in [2.05, 4.69) is 30.7 Å². The summed E-state index contributed by atoms with van der Waals surface area (Å²) in [5.41, 5.74) is 0. The molecule has 5 rings (SSSR count). The predicted molar refractivity (Wildman–Crippen MR) is 74.4 cm³/mol. The lowest BCUT2D eigenvalue weighted by Crippen LogP contribution is -2.49. The Morgan fingerprint density at radius 1 is 0.722 bits per heavy atom. The Bertz CT molecular complexity index is 312. The molecule has 6 atom stereocenters. The summed E-state index contributed by atoms with van der Waals surface area (Å²) in [7, 11) is 2.34. The highest BCUT2D eigenvalue weighted by Crippen LogP contribution is 2.59. The van der Waals surface area contributed by atoms with E-state index in [4.69, 9.17) is 0 Å². The molecule has 0 aromatic carbocycles. The van der Waals surface area contributed by atoms with Crippen LogP contribution in [0.3, 0.4) is 0 Å². The van der Waals surface area contributed by atoms with Gasteiger partial charge in [0.05, 0.1) is 0 Å². The summed E-state index contributed by atoms with van der Waals surface area (Å²) in [4.78, 5) is 5.38. The molecule has 0 aromatic rings. The number of nitrogens with zero attached hydrogens (tertiary/aromatic N) is 2. The fraction of sp³-hybridized carbons (Fsp3) is 1.00. The second kappa shape index (κ2) is 3.96. The second-order valence-electron chi connectivity index (χ2n) is 7.83. The minimum absolute atomic E-state index is 0.762. The Hall–Kier alpha value is -0.0800. The van der Waals surface area contributed by atoms with E-state index in [9.17, 15) is 0 Å². The fourth-order valence-electron chi connectivity index (χ4n) is 6.06. The highest BCUT2D eigenvalue weighted by atomic mass is 15.2. The first-order valence-electron chi connectivity index (χ1n) is 8.07. The van der Waals surface area contributed by atoms with Crippen LogP contribution in [0.1, 0.15) is 26.7 Å². The van der Waals surface area contributed by atoms with E-state index in [1.165, 1.54) is 26.2 Å². The molecule has 102 valence electrons. The molecule has 3 aliphatic carbocycles. The highest BCUT2D eigenvalue weighted by molar-refractivity contribution is 5.08. The van der Waals surface area contributed by atoms with Crippen molar-refractivity contribution in [2.75, 3.05) is 33.2 Å². The van der Waals surface area contributed by atoms with Gasteiger partial charge in [-0.05, 0) is 69.2 Å². The molecule has 2 bridgehead atoms. The number of hydrogen-bond donors (Lipinski definition) is 0. The third kappa shape index (κ3) is 1.48. The van der Waals surface area contributed by atoms with Gasteiger partial charge in [0.15, 0.2) is 0 Å². The lowest BCUT2D eigenvalue weighted by atomic mass is 9.52. The molecule has 2 saturated heterocycles. The summed E-state index contributed by atoms with van der Waals surface area (Å²) >= 11 is 0. The molecule has 2 aliphatic heterocycles. The van der Waals surface area contributed by atoms with Crippen molar-refractivity contribution >= 4 is 0 Å². The van der Waals surface area contributed by atoms with Gasteiger partial charge in [0, 0.05) is 32.2 Å². The SMILES string of the molecule is CC(C)N1CC2C3CCC(C4CN(C)CC34)C2C1. The van der Waals surface area contributed by atoms with Crippen molar-refractivity contribution in [2.24, 2.45) is 35.5 Å². The molecule has 2 nitrogen and oxygen atoms in total. The molecule has 0 amide bonds. The van der Waals surface area contributed by atoms with Gasteiger partial charge in [-0.3, -0.25) is 0 Å². The van der Waals surface area contributed by atoms with Crippen LogP contribution in [0.25, 0.3) is 0 Å². The molecule has 5 aliphatic rings. The lowest BCUT2D eigenvalue weighted by Gasteiger charge is -2.52. The maximum Gasteiger partial charge on any atom is 0.00388 e. The third-order valence-corrected chi connectivity index (χ3v) is 6.80.